The van der Waals surface area contributed by atoms with Crippen LogP contribution in [0.5, 0.6) is 11.6 Å². The average molecular weight is 485 g/mol. The van der Waals surface area contributed by atoms with E-state index >= 15 is 0 Å². The number of benzene rings is 3. The van der Waals surface area contributed by atoms with Crippen molar-refractivity contribution < 1.29 is 22.3 Å². The number of imidazole rings is 1. The van der Waals surface area contributed by atoms with Gasteiger partial charge in [0.2, 0.25) is 5.95 Å². The maximum absolute atomic E-state index is 14.1. The van der Waals surface area contributed by atoms with Gasteiger partial charge in [0.15, 0.2) is 5.82 Å². The molecule has 3 aromatic carbocycles. The monoisotopic (exact) mass is 485 g/mol. The van der Waals surface area contributed by atoms with Gasteiger partial charge in [0.1, 0.15) is 17.0 Å². The van der Waals surface area contributed by atoms with Gasteiger partial charge in [-0.05, 0) is 42.0 Å². The molecule has 2 heterocycles. The topological polar surface area (TPSA) is 75.7 Å². The van der Waals surface area contributed by atoms with Crippen LogP contribution in [-0.4, -0.2) is 18.7 Å². The fourth-order valence-corrected chi connectivity index (χ4v) is 3.82. The van der Waals surface area contributed by atoms with Crippen LogP contribution in [0.1, 0.15) is 16.8 Å². The molecule has 5 aromatic rings. The van der Waals surface area contributed by atoms with Gasteiger partial charge >= 0.3 is 6.18 Å². The second-order valence-corrected chi connectivity index (χ2v) is 7.90. The zero-order valence-electron chi connectivity index (χ0n) is 17.2. The molecule has 0 aliphatic carbocycles. The van der Waals surface area contributed by atoms with E-state index in [4.69, 9.17) is 4.74 Å². The highest BCUT2D eigenvalue weighted by molar-refractivity contribution is 6.99. The largest absolute Gasteiger partial charge is 0.437 e. The summed E-state index contributed by atoms with van der Waals surface area (Å²) >= 11 is 1.06. The number of anilines is 2. The molecule has 2 aromatic heterocycles. The van der Waals surface area contributed by atoms with E-state index in [0.717, 1.165) is 29.1 Å². The van der Waals surface area contributed by atoms with Gasteiger partial charge in [-0.1, -0.05) is 30.3 Å². The number of nitrogens with zero attached hydrogens (tertiary/aromatic N) is 3. The summed E-state index contributed by atoms with van der Waals surface area (Å²) < 4.78 is 67.2. The lowest BCUT2D eigenvalue weighted by Crippen LogP contribution is -2.05. The quantitative estimate of drug-likeness (QED) is 0.262. The number of H-pyrrole nitrogens is 1. The van der Waals surface area contributed by atoms with Crippen molar-refractivity contribution in [3.05, 3.63) is 89.4 Å². The molecule has 0 aliphatic heterocycles. The molecule has 34 heavy (non-hydrogen) atoms. The van der Waals surface area contributed by atoms with Crippen molar-refractivity contribution in [3.63, 3.8) is 0 Å². The smallest absolute Gasteiger partial charge is 0.416 e. The summed E-state index contributed by atoms with van der Waals surface area (Å²) in [5.41, 5.74) is 1.06. The van der Waals surface area contributed by atoms with Crippen LogP contribution < -0.4 is 10.1 Å². The molecule has 0 saturated carbocycles. The Morgan fingerprint density at radius 1 is 0.971 bits per heavy atom. The summed E-state index contributed by atoms with van der Waals surface area (Å²) in [6.45, 7) is 0. The number of rotatable bonds is 6. The van der Waals surface area contributed by atoms with Crippen molar-refractivity contribution in [2.45, 2.75) is 12.6 Å². The third-order valence-electron chi connectivity index (χ3n) is 4.94. The van der Waals surface area contributed by atoms with Gasteiger partial charge < -0.3 is 15.0 Å². The van der Waals surface area contributed by atoms with Crippen LogP contribution >= 0.6 is 11.7 Å². The fourth-order valence-electron chi connectivity index (χ4n) is 3.33. The molecular formula is C23H15F4N5OS. The van der Waals surface area contributed by atoms with Crippen LogP contribution in [0.4, 0.5) is 29.2 Å². The maximum atomic E-state index is 14.1. The molecule has 0 bridgehead atoms. The van der Waals surface area contributed by atoms with Gasteiger partial charge in [-0.25, -0.2) is 9.37 Å². The lowest BCUT2D eigenvalue weighted by Gasteiger charge is -2.07. The molecule has 0 amide bonds. The number of aromatic nitrogens is 4. The zero-order valence-corrected chi connectivity index (χ0v) is 18.0. The van der Waals surface area contributed by atoms with Crippen LogP contribution in [0.3, 0.4) is 0 Å². The number of nitrogens with one attached hydrogen (secondary N) is 2. The first-order valence-electron chi connectivity index (χ1n) is 10.0. The summed E-state index contributed by atoms with van der Waals surface area (Å²) in [7, 11) is 0. The molecule has 0 saturated heterocycles. The van der Waals surface area contributed by atoms with Crippen LogP contribution in [0.25, 0.3) is 11.0 Å². The summed E-state index contributed by atoms with van der Waals surface area (Å²) in [6.07, 6.45) is -4.07. The van der Waals surface area contributed by atoms with E-state index in [0.29, 0.717) is 29.8 Å². The van der Waals surface area contributed by atoms with Gasteiger partial charge in [0.05, 0.1) is 22.8 Å². The molecule has 0 fully saturated rings. The van der Waals surface area contributed by atoms with Crippen molar-refractivity contribution in [2.75, 3.05) is 5.32 Å². The molecule has 0 aliphatic rings. The molecule has 0 atom stereocenters. The Labute approximate surface area is 194 Å². The molecular weight excluding hydrogens is 470 g/mol. The first-order valence-corrected chi connectivity index (χ1v) is 10.7. The highest BCUT2D eigenvalue weighted by atomic mass is 32.1. The van der Waals surface area contributed by atoms with Crippen molar-refractivity contribution in [1.29, 1.82) is 0 Å². The molecule has 172 valence electrons. The number of hydrogen-bond acceptors (Lipinski definition) is 6. The summed E-state index contributed by atoms with van der Waals surface area (Å²) in [4.78, 5) is 6.68. The number of alkyl halides is 3. The number of aromatic amines is 1. The zero-order chi connectivity index (χ0) is 23.7. The predicted molar refractivity (Wildman–Crippen MR) is 120 cm³/mol. The minimum Gasteiger partial charge on any atom is -0.437 e. The summed E-state index contributed by atoms with van der Waals surface area (Å²) in [6, 6.07) is 17.9. The van der Waals surface area contributed by atoms with Crippen molar-refractivity contribution in [2.24, 2.45) is 0 Å². The Bertz CT molecular complexity index is 1430. The Balaban J connectivity index is 1.30. The summed E-state index contributed by atoms with van der Waals surface area (Å²) in [5, 5.41) is 2.91. The molecule has 11 heteroatoms. The van der Waals surface area contributed by atoms with E-state index in [1.807, 2.05) is 30.3 Å². The molecule has 0 spiro atoms. The first-order chi connectivity index (χ1) is 16.3. The van der Waals surface area contributed by atoms with E-state index in [9.17, 15) is 17.6 Å². The highest BCUT2D eigenvalue weighted by Crippen LogP contribution is 2.33. The Hall–Kier alpha value is -3.99. The third-order valence-corrected chi connectivity index (χ3v) is 5.48. The number of halogens is 4. The van der Waals surface area contributed by atoms with Gasteiger partial charge in [-0.2, -0.15) is 17.5 Å². The highest BCUT2D eigenvalue weighted by Gasteiger charge is 2.32. The van der Waals surface area contributed by atoms with E-state index in [2.05, 4.69) is 24.0 Å². The molecule has 0 radical (unpaired) electrons. The second-order valence-electron chi connectivity index (χ2n) is 7.37. The third kappa shape index (κ3) is 4.69. The normalized spacial score (nSPS) is 11.6. The molecule has 0 unspecified atom stereocenters. The number of ether oxygens (including phenoxy) is 1. The predicted octanol–water partition coefficient (Wildman–Crippen LogP) is 6.70. The molecule has 6 nitrogen and oxygen atoms in total. The molecule has 5 rings (SSSR count). The van der Waals surface area contributed by atoms with Crippen molar-refractivity contribution in [1.82, 2.24) is 18.7 Å². The van der Waals surface area contributed by atoms with Crippen LogP contribution in [0.15, 0.2) is 66.7 Å². The van der Waals surface area contributed by atoms with Crippen molar-refractivity contribution >= 4 is 34.4 Å². The van der Waals surface area contributed by atoms with Gasteiger partial charge in [0, 0.05) is 12.1 Å². The molecule has 2 N–H and O–H groups in total. The SMILES string of the molecule is Fc1cc(C(F)(F)F)cc2[nH]c(Nc3ccc(Oc4nsnc4Cc4ccccc4)cc3)nc12. The number of fused-ring (bicyclic) bond motifs is 1. The maximum Gasteiger partial charge on any atom is 0.416 e. The first kappa shape index (κ1) is 21.8. The van der Waals surface area contributed by atoms with E-state index < -0.39 is 17.6 Å². The van der Waals surface area contributed by atoms with Crippen LogP contribution in [0, 0.1) is 5.82 Å². The lowest BCUT2D eigenvalue weighted by molar-refractivity contribution is -0.137. The Morgan fingerprint density at radius 2 is 1.74 bits per heavy atom. The van der Waals surface area contributed by atoms with E-state index in [1.165, 1.54) is 0 Å². The summed E-state index contributed by atoms with van der Waals surface area (Å²) in [5.74, 6) is -0.00221. The van der Waals surface area contributed by atoms with Crippen molar-refractivity contribution in [3.8, 4) is 11.6 Å². The van der Waals surface area contributed by atoms with E-state index in [1.54, 1.807) is 24.3 Å². The fraction of sp³-hybridized carbons (Fsp3) is 0.0870. The van der Waals surface area contributed by atoms with E-state index in [-0.39, 0.29) is 17.0 Å². The van der Waals surface area contributed by atoms with Gasteiger partial charge in [-0.15, -0.1) is 4.37 Å². The minimum absolute atomic E-state index is 0.0586. The minimum atomic E-state index is -4.66. The lowest BCUT2D eigenvalue weighted by atomic mass is 10.1. The number of hydrogen-bond donors (Lipinski definition) is 2. The van der Waals surface area contributed by atoms with Gasteiger partial charge in [0.25, 0.3) is 5.88 Å². The van der Waals surface area contributed by atoms with Gasteiger partial charge in [-0.3, -0.25) is 0 Å². The second kappa shape index (κ2) is 8.75. The van der Waals surface area contributed by atoms with Crippen LogP contribution in [0.2, 0.25) is 0 Å². The standard InChI is InChI=1S/C23H15F4N5OS/c24-17-11-14(23(25,26)27)12-18-20(17)30-22(29-18)28-15-6-8-16(9-7-15)33-21-19(31-34-32-21)10-13-4-2-1-3-5-13/h1-9,11-12H,10H2,(H2,28,29,30). The van der Waals surface area contributed by atoms with Crippen LogP contribution in [-0.2, 0) is 12.6 Å². The Morgan fingerprint density at radius 3 is 2.47 bits per heavy atom. The Kier molecular flexibility index (Phi) is 5.62. The average Bonchev–Trinajstić information content (AvgIpc) is 3.42.